The minimum Gasteiger partial charge on any atom is -0.504 e. The lowest BCUT2D eigenvalue weighted by Crippen LogP contribution is -1.91. The molecule has 17 heavy (non-hydrogen) atoms. The quantitative estimate of drug-likeness (QED) is 0.850. The molecule has 88 valence electrons. The average Bonchev–Trinajstić information content (AvgIpc) is 2.79. The van der Waals surface area contributed by atoms with E-state index in [1.807, 2.05) is 0 Å². The number of carbonyl (C=O) groups is 1. The van der Waals surface area contributed by atoms with Gasteiger partial charge in [0.2, 0.25) is 0 Å². The Labute approximate surface area is 103 Å². The molecule has 0 unspecified atom stereocenters. The van der Waals surface area contributed by atoms with E-state index in [2.05, 4.69) is 4.98 Å². The summed E-state index contributed by atoms with van der Waals surface area (Å²) >= 11 is 1.39. The Hall–Kier alpha value is -1.88. The van der Waals surface area contributed by atoms with Crippen LogP contribution in [0.15, 0.2) is 23.6 Å². The Kier molecular flexibility index (Phi) is 3.10. The molecule has 0 fully saturated rings. The summed E-state index contributed by atoms with van der Waals surface area (Å²) in [5.74, 6) is 0.417. The van der Waals surface area contributed by atoms with Crippen molar-refractivity contribution in [3.8, 4) is 22.1 Å². The van der Waals surface area contributed by atoms with Gasteiger partial charge in [-0.2, -0.15) is 0 Å². The van der Waals surface area contributed by atoms with Gasteiger partial charge in [-0.1, -0.05) is 0 Å². The summed E-state index contributed by atoms with van der Waals surface area (Å²) in [4.78, 5) is 15.4. The molecule has 4 nitrogen and oxygen atoms in total. The van der Waals surface area contributed by atoms with Crippen LogP contribution in [0.1, 0.15) is 17.4 Å². The first kappa shape index (κ1) is 11.6. The van der Waals surface area contributed by atoms with Crippen molar-refractivity contribution in [3.63, 3.8) is 0 Å². The van der Waals surface area contributed by atoms with Crippen LogP contribution in [-0.4, -0.2) is 23.0 Å². The molecule has 0 saturated heterocycles. The summed E-state index contributed by atoms with van der Waals surface area (Å²) in [6.07, 6.45) is 0. The van der Waals surface area contributed by atoms with Crippen LogP contribution in [0.25, 0.3) is 10.6 Å². The van der Waals surface area contributed by atoms with Gasteiger partial charge < -0.3 is 9.84 Å². The predicted molar refractivity (Wildman–Crippen MR) is 65.8 cm³/mol. The van der Waals surface area contributed by atoms with E-state index in [4.69, 9.17) is 4.74 Å². The third-order valence-electron chi connectivity index (χ3n) is 2.29. The SMILES string of the molecule is COc1cc(-c2nc(C(C)=O)cs2)ccc1O. The second-order valence-corrected chi connectivity index (χ2v) is 4.34. The van der Waals surface area contributed by atoms with Crippen molar-refractivity contribution in [2.45, 2.75) is 6.92 Å². The molecule has 1 aromatic heterocycles. The first-order valence-corrected chi connectivity index (χ1v) is 5.83. The van der Waals surface area contributed by atoms with Gasteiger partial charge >= 0.3 is 0 Å². The molecule has 0 atom stereocenters. The van der Waals surface area contributed by atoms with E-state index in [1.165, 1.54) is 25.4 Å². The minimum absolute atomic E-state index is 0.0572. The van der Waals surface area contributed by atoms with Crippen LogP contribution in [0.5, 0.6) is 11.5 Å². The van der Waals surface area contributed by atoms with Crippen molar-refractivity contribution < 1.29 is 14.6 Å². The number of ketones is 1. The minimum atomic E-state index is -0.0572. The van der Waals surface area contributed by atoms with E-state index in [1.54, 1.807) is 23.6 Å². The number of rotatable bonds is 3. The molecule has 0 amide bonds. The van der Waals surface area contributed by atoms with Crippen molar-refractivity contribution in [1.29, 1.82) is 0 Å². The molecule has 1 aromatic carbocycles. The summed E-state index contributed by atoms with van der Waals surface area (Å²) in [5.41, 5.74) is 1.27. The molecular formula is C12H11NO3S. The smallest absolute Gasteiger partial charge is 0.178 e. The Balaban J connectivity index is 2.42. The van der Waals surface area contributed by atoms with Gasteiger partial charge in [-0.25, -0.2) is 4.98 Å². The molecular weight excluding hydrogens is 238 g/mol. The number of phenolic OH excluding ortho intramolecular Hbond substituents is 1. The largest absolute Gasteiger partial charge is 0.504 e. The maximum atomic E-state index is 11.1. The van der Waals surface area contributed by atoms with E-state index < -0.39 is 0 Å². The fourth-order valence-electron chi connectivity index (χ4n) is 1.38. The summed E-state index contributed by atoms with van der Waals surface area (Å²) in [5, 5.41) is 11.9. The fraction of sp³-hybridized carbons (Fsp3) is 0.167. The number of benzene rings is 1. The normalized spacial score (nSPS) is 10.2. The van der Waals surface area contributed by atoms with Crippen LogP contribution in [0.3, 0.4) is 0 Å². The number of aromatic nitrogens is 1. The number of carbonyl (C=O) groups excluding carboxylic acids is 1. The molecule has 5 heteroatoms. The van der Waals surface area contributed by atoms with Gasteiger partial charge in [-0.05, 0) is 18.2 Å². The number of ether oxygens (including phenoxy) is 1. The molecule has 0 aliphatic carbocycles. The molecule has 2 aromatic rings. The van der Waals surface area contributed by atoms with Crippen LogP contribution in [0, 0.1) is 0 Å². The lowest BCUT2D eigenvalue weighted by molar-refractivity contribution is 0.101. The van der Waals surface area contributed by atoms with E-state index in [0.717, 1.165) is 10.6 Å². The molecule has 0 saturated carbocycles. The van der Waals surface area contributed by atoms with Crippen molar-refractivity contribution >= 4 is 17.1 Å². The number of hydrogen-bond acceptors (Lipinski definition) is 5. The van der Waals surface area contributed by atoms with Crippen molar-refractivity contribution in [3.05, 3.63) is 29.3 Å². The van der Waals surface area contributed by atoms with Crippen molar-refractivity contribution in [2.75, 3.05) is 7.11 Å². The average molecular weight is 249 g/mol. The van der Waals surface area contributed by atoms with Gasteiger partial charge in [0.05, 0.1) is 7.11 Å². The topological polar surface area (TPSA) is 59.4 Å². The van der Waals surface area contributed by atoms with E-state index in [0.29, 0.717) is 11.4 Å². The third-order valence-corrected chi connectivity index (χ3v) is 3.18. The first-order chi connectivity index (χ1) is 8.11. The molecule has 0 spiro atoms. The van der Waals surface area contributed by atoms with Crippen molar-refractivity contribution in [2.24, 2.45) is 0 Å². The number of thiazole rings is 1. The third kappa shape index (κ3) is 2.29. The number of hydrogen-bond donors (Lipinski definition) is 1. The molecule has 0 aliphatic rings. The summed E-state index contributed by atoms with van der Waals surface area (Å²) in [6, 6.07) is 4.97. The summed E-state index contributed by atoms with van der Waals surface area (Å²) in [6.45, 7) is 1.48. The zero-order valence-electron chi connectivity index (χ0n) is 9.43. The van der Waals surface area contributed by atoms with Gasteiger partial charge in [0.25, 0.3) is 0 Å². The molecule has 0 aliphatic heterocycles. The maximum Gasteiger partial charge on any atom is 0.178 e. The Morgan fingerprint density at radius 1 is 1.47 bits per heavy atom. The lowest BCUT2D eigenvalue weighted by Gasteiger charge is -2.04. The van der Waals surface area contributed by atoms with Gasteiger partial charge in [-0.15, -0.1) is 11.3 Å². The molecule has 1 N–H and O–H groups in total. The highest BCUT2D eigenvalue weighted by molar-refractivity contribution is 7.13. The van der Waals surface area contributed by atoms with Crippen LogP contribution in [0.4, 0.5) is 0 Å². The lowest BCUT2D eigenvalue weighted by atomic mass is 10.2. The Morgan fingerprint density at radius 2 is 2.24 bits per heavy atom. The van der Waals surface area contributed by atoms with Gasteiger partial charge in [0.15, 0.2) is 17.3 Å². The molecule has 0 radical (unpaired) electrons. The highest BCUT2D eigenvalue weighted by Crippen LogP contribution is 2.32. The highest BCUT2D eigenvalue weighted by Gasteiger charge is 2.10. The van der Waals surface area contributed by atoms with Crippen molar-refractivity contribution in [1.82, 2.24) is 4.98 Å². The summed E-state index contributed by atoms with van der Waals surface area (Å²) in [7, 11) is 1.49. The predicted octanol–water partition coefficient (Wildman–Crippen LogP) is 2.73. The molecule has 2 rings (SSSR count). The number of methoxy groups -OCH3 is 1. The monoisotopic (exact) mass is 249 g/mol. The van der Waals surface area contributed by atoms with Crippen LogP contribution >= 0.6 is 11.3 Å². The maximum absolute atomic E-state index is 11.1. The fourth-order valence-corrected chi connectivity index (χ4v) is 2.23. The van der Waals surface area contributed by atoms with Gasteiger partial charge in [0, 0.05) is 17.9 Å². The van der Waals surface area contributed by atoms with Crippen LogP contribution in [-0.2, 0) is 0 Å². The zero-order chi connectivity index (χ0) is 12.4. The highest BCUT2D eigenvalue weighted by atomic mass is 32.1. The van der Waals surface area contributed by atoms with Crippen LogP contribution < -0.4 is 4.74 Å². The summed E-state index contributed by atoms with van der Waals surface area (Å²) < 4.78 is 5.02. The first-order valence-electron chi connectivity index (χ1n) is 4.95. The van der Waals surface area contributed by atoms with Gasteiger partial charge in [-0.3, -0.25) is 4.79 Å². The Bertz CT molecular complexity index is 563. The molecule has 1 heterocycles. The number of phenols is 1. The standard InChI is InChI=1S/C12H11NO3S/c1-7(14)9-6-17-12(13-9)8-3-4-10(15)11(5-8)16-2/h3-6,15H,1-2H3. The zero-order valence-corrected chi connectivity index (χ0v) is 10.2. The van der Waals surface area contributed by atoms with E-state index in [-0.39, 0.29) is 11.5 Å². The van der Waals surface area contributed by atoms with E-state index in [9.17, 15) is 9.90 Å². The van der Waals surface area contributed by atoms with E-state index >= 15 is 0 Å². The molecule has 0 bridgehead atoms. The second-order valence-electron chi connectivity index (χ2n) is 3.48. The number of aromatic hydroxyl groups is 1. The van der Waals surface area contributed by atoms with Crippen LogP contribution in [0.2, 0.25) is 0 Å². The number of Topliss-reactive ketones (excluding diaryl/α,β-unsaturated/α-hetero) is 1. The Morgan fingerprint density at radius 3 is 2.82 bits per heavy atom. The van der Waals surface area contributed by atoms with Gasteiger partial charge in [0.1, 0.15) is 10.7 Å². The number of nitrogens with zero attached hydrogens (tertiary/aromatic N) is 1. The second kappa shape index (κ2) is 4.55.